The highest BCUT2D eigenvalue weighted by Crippen LogP contribution is 2.20. The van der Waals surface area contributed by atoms with Crippen molar-refractivity contribution in [1.82, 2.24) is 4.90 Å². The largest absolute Gasteiger partial charge is 0.328 e. The lowest BCUT2D eigenvalue weighted by Crippen LogP contribution is -2.36. The van der Waals surface area contributed by atoms with Crippen molar-refractivity contribution in [1.29, 1.82) is 0 Å². The number of anilines is 1. The molecule has 3 N–H and O–H groups in total. The minimum absolute atomic E-state index is 0. The monoisotopic (exact) mass is 359 g/mol. The van der Waals surface area contributed by atoms with Gasteiger partial charge in [0.15, 0.2) is 0 Å². The zero-order valence-electron chi connectivity index (χ0n) is 14.4. The molecule has 0 aromatic heterocycles. The number of hydrogen-bond acceptors (Lipinski definition) is 2. The number of para-hydroxylation sites is 1. The Morgan fingerprint density at radius 2 is 1.76 bits per heavy atom. The van der Waals surface area contributed by atoms with E-state index in [9.17, 15) is 4.79 Å². The fraction of sp³-hybridized carbons (Fsp3) is 0.350. The average Bonchev–Trinajstić information content (AvgIpc) is 2.82. The number of urea groups is 1. The van der Waals surface area contributed by atoms with E-state index in [-0.39, 0.29) is 24.5 Å². The maximum atomic E-state index is 12.6. The van der Waals surface area contributed by atoms with Crippen LogP contribution >= 0.6 is 12.4 Å². The van der Waals surface area contributed by atoms with Crippen molar-refractivity contribution in [3.05, 3.63) is 65.7 Å². The lowest BCUT2D eigenvalue weighted by atomic mass is 10.0. The highest BCUT2D eigenvalue weighted by atomic mass is 35.5. The van der Waals surface area contributed by atoms with Crippen molar-refractivity contribution < 1.29 is 4.79 Å². The molecule has 3 rings (SSSR count). The number of nitrogens with one attached hydrogen (secondary N) is 1. The van der Waals surface area contributed by atoms with Crippen molar-refractivity contribution in [2.45, 2.75) is 31.7 Å². The Morgan fingerprint density at radius 1 is 1.04 bits per heavy atom. The molecule has 0 spiro atoms. The molecule has 2 amide bonds. The van der Waals surface area contributed by atoms with Gasteiger partial charge in [0.05, 0.1) is 0 Å². The van der Waals surface area contributed by atoms with Gasteiger partial charge in [-0.3, -0.25) is 0 Å². The first kappa shape index (κ1) is 19.3. The molecular weight excluding hydrogens is 334 g/mol. The quantitative estimate of drug-likeness (QED) is 0.868. The van der Waals surface area contributed by atoms with Gasteiger partial charge in [-0.1, -0.05) is 48.5 Å². The first-order chi connectivity index (χ1) is 11.7. The molecule has 5 heteroatoms. The molecule has 1 saturated heterocycles. The Hall–Kier alpha value is -2.04. The Balaban J connectivity index is 0.00000225. The number of nitrogens with two attached hydrogens (primary N) is 1. The van der Waals surface area contributed by atoms with Crippen molar-refractivity contribution in [3.8, 4) is 0 Å². The fourth-order valence-corrected chi connectivity index (χ4v) is 3.13. The van der Waals surface area contributed by atoms with Crippen LogP contribution in [0.5, 0.6) is 0 Å². The van der Waals surface area contributed by atoms with Crippen molar-refractivity contribution in [2.24, 2.45) is 5.73 Å². The third-order valence-corrected chi connectivity index (χ3v) is 4.56. The zero-order chi connectivity index (χ0) is 16.8. The van der Waals surface area contributed by atoms with Gasteiger partial charge in [-0.05, 0) is 42.9 Å². The minimum Gasteiger partial charge on any atom is -0.328 e. The van der Waals surface area contributed by atoms with Gasteiger partial charge in [0.1, 0.15) is 0 Å². The van der Waals surface area contributed by atoms with E-state index in [4.69, 9.17) is 5.73 Å². The van der Waals surface area contributed by atoms with Crippen LogP contribution in [-0.2, 0) is 6.42 Å². The number of halogens is 1. The molecule has 1 heterocycles. The second kappa shape index (κ2) is 9.44. The van der Waals surface area contributed by atoms with E-state index < -0.39 is 0 Å². The van der Waals surface area contributed by atoms with Gasteiger partial charge in [0.25, 0.3) is 0 Å². The summed E-state index contributed by atoms with van der Waals surface area (Å²) in [7, 11) is 0. The summed E-state index contributed by atoms with van der Waals surface area (Å²) >= 11 is 0. The van der Waals surface area contributed by atoms with Crippen LogP contribution in [0.25, 0.3) is 0 Å². The van der Waals surface area contributed by atoms with Crippen molar-refractivity contribution >= 4 is 24.1 Å². The van der Waals surface area contributed by atoms with Crippen molar-refractivity contribution in [3.63, 3.8) is 0 Å². The van der Waals surface area contributed by atoms with E-state index in [1.54, 1.807) is 0 Å². The summed E-state index contributed by atoms with van der Waals surface area (Å²) in [4.78, 5) is 14.5. The van der Waals surface area contributed by atoms with Crippen LogP contribution in [0, 0.1) is 0 Å². The Bertz CT molecular complexity index is 678. The summed E-state index contributed by atoms with van der Waals surface area (Å²) in [5.74, 6) is 0. The van der Waals surface area contributed by atoms with E-state index >= 15 is 0 Å². The minimum atomic E-state index is -0.0235. The van der Waals surface area contributed by atoms with Gasteiger partial charge in [-0.15, -0.1) is 12.4 Å². The predicted molar refractivity (Wildman–Crippen MR) is 105 cm³/mol. The lowest BCUT2D eigenvalue weighted by molar-refractivity contribution is 0.213. The number of benzene rings is 2. The smallest absolute Gasteiger partial charge is 0.321 e. The summed E-state index contributed by atoms with van der Waals surface area (Å²) in [6.07, 6.45) is 3.65. The Labute approximate surface area is 155 Å². The number of likely N-dealkylation sites (tertiary alicyclic amines) is 1. The zero-order valence-corrected chi connectivity index (χ0v) is 15.2. The third-order valence-electron chi connectivity index (χ3n) is 4.56. The molecule has 1 atom stereocenters. The van der Waals surface area contributed by atoms with Gasteiger partial charge in [0, 0.05) is 24.8 Å². The van der Waals surface area contributed by atoms with Crippen LogP contribution in [0.15, 0.2) is 54.6 Å². The molecule has 25 heavy (non-hydrogen) atoms. The van der Waals surface area contributed by atoms with Crippen LogP contribution in [-0.4, -0.2) is 30.1 Å². The highest BCUT2D eigenvalue weighted by Gasteiger charge is 2.19. The van der Waals surface area contributed by atoms with Gasteiger partial charge in [-0.2, -0.15) is 0 Å². The van der Waals surface area contributed by atoms with Gasteiger partial charge < -0.3 is 16.0 Å². The lowest BCUT2D eigenvalue weighted by Gasteiger charge is -2.22. The van der Waals surface area contributed by atoms with Crippen LogP contribution < -0.4 is 11.1 Å². The normalized spacial score (nSPS) is 17.3. The van der Waals surface area contributed by atoms with E-state index in [1.807, 2.05) is 41.3 Å². The summed E-state index contributed by atoms with van der Waals surface area (Å²) < 4.78 is 0. The second-order valence-corrected chi connectivity index (χ2v) is 6.43. The number of nitrogens with zero attached hydrogens (tertiary/aromatic N) is 1. The molecule has 1 aliphatic rings. The second-order valence-electron chi connectivity index (χ2n) is 6.43. The maximum absolute atomic E-state index is 12.6. The number of hydrogen-bond donors (Lipinski definition) is 2. The summed E-state index contributed by atoms with van der Waals surface area (Å²) in [6, 6.07) is 18.5. The van der Waals surface area contributed by atoms with Crippen molar-refractivity contribution in [2.75, 3.05) is 18.4 Å². The molecule has 1 aliphatic heterocycles. The summed E-state index contributed by atoms with van der Waals surface area (Å²) in [5.41, 5.74) is 9.25. The van der Waals surface area contributed by atoms with E-state index in [0.29, 0.717) is 0 Å². The topological polar surface area (TPSA) is 58.4 Å². The standard InChI is InChI=1S/C20H25N3O.ClH/c21-18-10-6-13-23(14-12-18)20(24)22-19-11-5-4-9-17(19)15-16-7-2-1-3-8-16;/h1-5,7-9,11,18H,6,10,12-15,21H2,(H,22,24);1H. The molecule has 1 unspecified atom stereocenters. The first-order valence-electron chi connectivity index (χ1n) is 8.66. The maximum Gasteiger partial charge on any atom is 0.321 e. The summed E-state index contributed by atoms with van der Waals surface area (Å²) in [5, 5.41) is 3.09. The number of carbonyl (C=O) groups excluding carboxylic acids is 1. The third kappa shape index (κ3) is 5.48. The predicted octanol–water partition coefficient (Wildman–Crippen LogP) is 4.04. The first-order valence-corrected chi connectivity index (χ1v) is 8.66. The van der Waals surface area contributed by atoms with Crippen LogP contribution in [0.3, 0.4) is 0 Å². The van der Waals surface area contributed by atoms with Gasteiger partial charge >= 0.3 is 6.03 Å². The Morgan fingerprint density at radius 3 is 2.56 bits per heavy atom. The molecule has 0 saturated carbocycles. The van der Waals surface area contributed by atoms with E-state index in [2.05, 4.69) is 23.5 Å². The molecule has 1 fully saturated rings. The molecular formula is C20H26ClN3O. The van der Waals surface area contributed by atoms with Gasteiger partial charge in [0.2, 0.25) is 0 Å². The van der Waals surface area contributed by atoms with Crippen LogP contribution in [0.4, 0.5) is 10.5 Å². The molecule has 2 aromatic rings. The van der Waals surface area contributed by atoms with Crippen LogP contribution in [0.2, 0.25) is 0 Å². The summed E-state index contributed by atoms with van der Waals surface area (Å²) in [6.45, 7) is 1.51. The number of carbonyl (C=O) groups is 1. The molecule has 2 aromatic carbocycles. The highest BCUT2D eigenvalue weighted by molar-refractivity contribution is 5.90. The fourth-order valence-electron chi connectivity index (χ4n) is 3.13. The average molecular weight is 360 g/mol. The molecule has 0 aliphatic carbocycles. The SMILES string of the molecule is Cl.NC1CCCN(C(=O)Nc2ccccc2Cc2ccccc2)CC1. The Kier molecular flexibility index (Phi) is 7.29. The van der Waals surface area contributed by atoms with Crippen LogP contribution in [0.1, 0.15) is 30.4 Å². The molecule has 0 radical (unpaired) electrons. The van der Waals surface area contributed by atoms with Gasteiger partial charge in [-0.25, -0.2) is 4.79 Å². The van der Waals surface area contributed by atoms with E-state index in [1.165, 1.54) is 5.56 Å². The number of rotatable bonds is 3. The molecule has 134 valence electrons. The number of amides is 2. The molecule has 0 bridgehead atoms. The molecule has 4 nitrogen and oxygen atoms in total. The van der Waals surface area contributed by atoms with E-state index in [0.717, 1.165) is 50.0 Å².